The van der Waals surface area contributed by atoms with Gasteiger partial charge in [-0.3, -0.25) is 0 Å². The van der Waals surface area contributed by atoms with Gasteiger partial charge < -0.3 is 10.1 Å². The highest BCUT2D eigenvalue weighted by molar-refractivity contribution is 7.89. The summed E-state index contributed by atoms with van der Waals surface area (Å²) < 4.78 is 32.0. The molecule has 0 spiro atoms. The molecule has 0 aromatic rings. The molecule has 5 nitrogen and oxygen atoms in total. The molecular formula is C13H26N2O3S. The molecule has 2 saturated heterocycles. The van der Waals surface area contributed by atoms with Crippen molar-refractivity contribution in [2.75, 3.05) is 32.0 Å². The molecule has 19 heavy (non-hydrogen) atoms. The topological polar surface area (TPSA) is 58.6 Å². The van der Waals surface area contributed by atoms with Crippen molar-refractivity contribution in [3.05, 3.63) is 0 Å². The second-order valence-electron chi connectivity index (χ2n) is 5.51. The fraction of sp³-hybridized carbons (Fsp3) is 1.00. The van der Waals surface area contributed by atoms with E-state index in [2.05, 4.69) is 5.32 Å². The third kappa shape index (κ3) is 4.41. The van der Waals surface area contributed by atoms with Crippen molar-refractivity contribution in [2.24, 2.45) is 0 Å². The Labute approximate surface area is 116 Å². The van der Waals surface area contributed by atoms with Crippen LogP contribution in [0.5, 0.6) is 0 Å². The second kappa shape index (κ2) is 7.02. The highest BCUT2D eigenvalue weighted by Crippen LogP contribution is 2.17. The van der Waals surface area contributed by atoms with E-state index >= 15 is 0 Å². The Hall–Kier alpha value is -0.170. The van der Waals surface area contributed by atoms with Crippen LogP contribution in [-0.2, 0) is 14.8 Å². The van der Waals surface area contributed by atoms with Crippen molar-refractivity contribution in [1.29, 1.82) is 0 Å². The number of hydrogen-bond donors (Lipinski definition) is 1. The third-order valence-electron chi connectivity index (χ3n) is 4.00. The van der Waals surface area contributed by atoms with Crippen LogP contribution in [0.2, 0.25) is 0 Å². The van der Waals surface area contributed by atoms with Crippen molar-refractivity contribution in [2.45, 2.75) is 51.2 Å². The quantitative estimate of drug-likeness (QED) is 0.791. The molecule has 0 aliphatic carbocycles. The minimum absolute atomic E-state index is 0.0917. The maximum atomic E-state index is 12.4. The van der Waals surface area contributed by atoms with Gasteiger partial charge in [0.05, 0.1) is 11.9 Å². The molecule has 0 saturated carbocycles. The molecule has 6 heteroatoms. The zero-order valence-corrected chi connectivity index (χ0v) is 12.6. The summed E-state index contributed by atoms with van der Waals surface area (Å²) in [6, 6.07) is 0.122. The monoisotopic (exact) mass is 290 g/mol. The van der Waals surface area contributed by atoms with Crippen LogP contribution in [0.4, 0.5) is 0 Å². The third-order valence-corrected chi connectivity index (χ3v) is 6.02. The first kappa shape index (κ1) is 15.2. The van der Waals surface area contributed by atoms with Gasteiger partial charge >= 0.3 is 0 Å². The number of nitrogens with one attached hydrogen (secondary N) is 1. The number of hydrogen-bond acceptors (Lipinski definition) is 4. The van der Waals surface area contributed by atoms with Gasteiger partial charge in [-0.25, -0.2) is 8.42 Å². The van der Waals surface area contributed by atoms with Crippen molar-refractivity contribution in [1.82, 2.24) is 9.62 Å². The maximum absolute atomic E-state index is 12.4. The van der Waals surface area contributed by atoms with Gasteiger partial charge in [0.2, 0.25) is 10.0 Å². The molecule has 2 aliphatic rings. The normalized spacial score (nSPS) is 28.9. The van der Waals surface area contributed by atoms with E-state index in [9.17, 15) is 8.42 Å². The molecule has 2 fully saturated rings. The molecular weight excluding hydrogens is 264 g/mol. The van der Waals surface area contributed by atoms with E-state index in [0.717, 1.165) is 45.3 Å². The Balaban J connectivity index is 1.90. The highest BCUT2D eigenvalue weighted by Gasteiger charge is 2.29. The fourth-order valence-electron chi connectivity index (χ4n) is 2.88. The van der Waals surface area contributed by atoms with E-state index in [1.54, 1.807) is 4.31 Å². The lowest BCUT2D eigenvalue weighted by Gasteiger charge is -2.28. The Bertz CT molecular complexity index is 360. The average molecular weight is 290 g/mol. The van der Waals surface area contributed by atoms with Crippen molar-refractivity contribution < 1.29 is 13.2 Å². The van der Waals surface area contributed by atoms with Gasteiger partial charge in [0.25, 0.3) is 0 Å². The molecule has 0 aromatic heterocycles. The zero-order valence-electron chi connectivity index (χ0n) is 11.8. The predicted molar refractivity (Wildman–Crippen MR) is 75.6 cm³/mol. The molecule has 1 N–H and O–H groups in total. The summed E-state index contributed by atoms with van der Waals surface area (Å²) in [6.45, 7) is 4.67. The summed E-state index contributed by atoms with van der Waals surface area (Å²) in [4.78, 5) is 0. The minimum Gasteiger partial charge on any atom is -0.377 e. The number of nitrogens with zero attached hydrogens (tertiary/aromatic N) is 1. The number of sulfonamides is 1. The SMILES string of the molecule is CCN(CC1CCCO1)S(=O)(=O)CC1CCCCN1. The van der Waals surface area contributed by atoms with E-state index in [0.29, 0.717) is 13.1 Å². The highest BCUT2D eigenvalue weighted by atomic mass is 32.2. The van der Waals surface area contributed by atoms with Crippen LogP contribution in [0.1, 0.15) is 39.0 Å². The fourth-order valence-corrected chi connectivity index (χ4v) is 4.67. The van der Waals surface area contributed by atoms with Gasteiger partial charge in [-0.15, -0.1) is 0 Å². The van der Waals surface area contributed by atoms with Crippen LogP contribution < -0.4 is 5.32 Å². The molecule has 2 atom stereocenters. The predicted octanol–water partition coefficient (Wildman–Crippen LogP) is 0.959. The lowest BCUT2D eigenvalue weighted by molar-refractivity contribution is 0.0946. The van der Waals surface area contributed by atoms with Crippen LogP contribution in [0.15, 0.2) is 0 Å². The Kier molecular flexibility index (Phi) is 5.62. The van der Waals surface area contributed by atoms with Crippen LogP contribution in [0.3, 0.4) is 0 Å². The van der Waals surface area contributed by atoms with Crippen molar-refractivity contribution in [3.63, 3.8) is 0 Å². The first-order chi connectivity index (χ1) is 9.12. The molecule has 0 aromatic carbocycles. The second-order valence-corrected chi connectivity index (χ2v) is 7.52. The Morgan fingerprint density at radius 3 is 2.68 bits per heavy atom. The van der Waals surface area contributed by atoms with Crippen molar-refractivity contribution >= 4 is 10.0 Å². The molecule has 0 amide bonds. The molecule has 2 aliphatic heterocycles. The van der Waals surface area contributed by atoms with E-state index in [4.69, 9.17) is 4.74 Å². The van der Waals surface area contributed by atoms with Gasteiger partial charge in [-0.1, -0.05) is 13.3 Å². The first-order valence-electron chi connectivity index (χ1n) is 7.44. The van der Waals surface area contributed by atoms with E-state index in [1.807, 2.05) is 6.92 Å². The maximum Gasteiger partial charge on any atom is 0.215 e. The first-order valence-corrected chi connectivity index (χ1v) is 9.05. The summed E-state index contributed by atoms with van der Waals surface area (Å²) in [5, 5.41) is 3.31. The van der Waals surface area contributed by atoms with Gasteiger partial charge in [-0.05, 0) is 32.2 Å². The van der Waals surface area contributed by atoms with E-state index in [-0.39, 0.29) is 17.9 Å². The van der Waals surface area contributed by atoms with Gasteiger partial charge in [0.1, 0.15) is 0 Å². The van der Waals surface area contributed by atoms with Crippen LogP contribution in [0, 0.1) is 0 Å². The van der Waals surface area contributed by atoms with Crippen LogP contribution in [-0.4, -0.2) is 56.9 Å². The number of rotatable bonds is 6. The molecule has 0 radical (unpaired) electrons. The Morgan fingerprint density at radius 2 is 2.11 bits per heavy atom. The standard InChI is InChI=1S/C13H26N2O3S/c1-2-15(10-13-7-5-9-18-13)19(16,17)11-12-6-3-4-8-14-12/h12-14H,2-11H2,1H3. The lowest BCUT2D eigenvalue weighted by atomic mass is 10.1. The summed E-state index contributed by atoms with van der Waals surface area (Å²) in [6.07, 6.45) is 5.38. The molecule has 2 heterocycles. The van der Waals surface area contributed by atoms with Crippen molar-refractivity contribution in [3.8, 4) is 0 Å². The molecule has 112 valence electrons. The summed E-state index contributed by atoms with van der Waals surface area (Å²) in [7, 11) is -3.17. The zero-order chi connectivity index (χ0) is 13.7. The average Bonchev–Trinajstić information content (AvgIpc) is 2.89. The van der Waals surface area contributed by atoms with Gasteiger partial charge in [0, 0.05) is 25.7 Å². The summed E-state index contributed by atoms with van der Waals surface area (Å²) in [5.74, 6) is 0.230. The van der Waals surface area contributed by atoms with E-state index in [1.165, 1.54) is 0 Å². The minimum atomic E-state index is -3.17. The molecule has 0 bridgehead atoms. The van der Waals surface area contributed by atoms with E-state index < -0.39 is 10.0 Å². The smallest absolute Gasteiger partial charge is 0.215 e. The number of likely N-dealkylation sites (N-methyl/N-ethyl adjacent to an activating group) is 1. The van der Waals surface area contributed by atoms with Gasteiger partial charge in [-0.2, -0.15) is 4.31 Å². The largest absolute Gasteiger partial charge is 0.377 e. The summed E-state index contributed by atoms with van der Waals surface area (Å²) >= 11 is 0. The number of piperidine rings is 1. The molecule has 2 unspecified atom stereocenters. The lowest BCUT2D eigenvalue weighted by Crippen LogP contribution is -2.45. The number of ether oxygens (including phenoxy) is 1. The summed E-state index contributed by atoms with van der Waals surface area (Å²) in [5.41, 5.74) is 0. The molecule has 2 rings (SSSR count). The van der Waals surface area contributed by atoms with Crippen LogP contribution >= 0.6 is 0 Å². The van der Waals surface area contributed by atoms with Gasteiger partial charge in [0.15, 0.2) is 0 Å². The Morgan fingerprint density at radius 1 is 1.26 bits per heavy atom. The van der Waals surface area contributed by atoms with Crippen LogP contribution in [0.25, 0.3) is 0 Å².